The predicted molar refractivity (Wildman–Crippen MR) is 80.4 cm³/mol. The Morgan fingerprint density at radius 2 is 2.00 bits per heavy atom. The van der Waals surface area contributed by atoms with Crippen LogP contribution in [-0.4, -0.2) is 38.4 Å². The van der Waals surface area contributed by atoms with Gasteiger partial charge < -0.3 is 5.73 Å². The first-order valence-electron chi connectivity index (χ1n) is 7.24. The Morgan fingerprint density at radius 1 is 1.29 bits per heavy atom. The van der Waals surface area contributed by atoms with Gasteiger partial charge in [-0.3, -0.25) is 0 Å². The summed E-state index contributed by atoms with van der Waals surface area (Å²) in [6, 6.07) is 5.96. The molecule has 1 aromatic rings. The van der Waals surface area contributed by atoms with Crippen LogP contribution in [0.15, 0.2) is 24.3 Å². The Kier molecular flexibility index (Phi) is 5.69. The summed E-state index contributed by atoms with van der Waals surface area (Å²) in [6.45, 7) is 1.16. The zero-order valence-electron chi connectivity index (χ0n) is 12.0. The first-order valence-corrected chi connectivity index (χ1v) is 8.68. The molecule has 1 fully saturated rings. The summed E-state index contributed by atoms with van der Waals surface area (Å²) in [6.07, 6.45) is 3.23. The van der Waals surface area contributed by atoms with E-state index >= 15 is 0 Å². The van der Waals surface area contributed by atoms with Crippen molar-refractivity contribution >= 4 is 10.2 Å². The Balaban J connectivity index is 1.90. The van der Waals surface area contributed by atoms with Crippen molar-refractivity contribution in [3.63, 3.8) is 0 Å². The molecule has 21 heavy (non-hydrogen) atoms. The number of halogens is 1. The Bertz CT molecular complexity index is 548. The maximum atomic E-state index is 12.8. The third kappa shape index (κ3) is 4.47. The largest absolute Gasteiger partial charge is 0.329 e. The van der Waals surface area contributed by atoms with E-state index in [-0.39, 0.29) is 11.9 Å². The van der Waals surface area contributed by atoms with E-state index in [0.717, 1.165) is 24.8 Å². The Morgan fingerprint density at radius 3 is 2.67 bits per heavy atom. The van der Waals surface area contributed by atoms with Crippen LogP contribution in [0.3, 0.4) is 0 Å². The second-order valence-corrected chi connectivity index (χ2v) is 6.98. The van der Waals surface area contributed by atoms with Gasteiger partial charge in [0.05, 0.1) is 0 Å². The molecule has 1 aliphatic heterocycles. The lowest BCUT2D eigenvalue weighted by Gasteiger charge is -2.33. The highest BCUT2D eigenvalue weighted by Gasteiger charge is 2.30. The highest BCUT2D eigenvalue weighted by atomic mass is 32.2. The molecule has 1 unspecified atom stereocenters. The smallest absolute Gasteiger partial charge is 0.279 e. The van der Waals surface area contributed by atoms with Crippen molar-refractivity contribution in [3.05, 3.63) is 35.6 Å². The van der Waals surface area contributed by atoms with Crippen LogP contribution in [0.25, 0.3) is 0 Å². The highest BCUT2D eigenvalue weighted by Crippen LogP contribution is 2.18. The standard InChI is InChI=1S/C14H22FN3O2S/c15-13-6-4-12(5-7-13)8-9-17-21(19,20)18-10-2-1-3-14(18)11-16/h4-7,14,17H,1-3,8-11,16H2. The molecule has 1 aromatic carbocycles. The molecule has 0 radical (unpaired) electrons. The molecule has 2 rings (SSSR count). The average molecular weight is 315 g/mol. The van der Waals surface area contributed by atoms with Gasteiger partial charge in [0.1, 0.15) is 5.82 Å². The van der Waals surface area contributed by atoms with Crippen molar-refractivity contribution < 1.29 is 12.8 Å². The number of hydrogen-bond acceptors (Lipinski definition) is 3. The predicted octanol–water partition coefficient (Wildman–Crippen LogP) is 1.02. The Hall–Kier alpha value is -1.02. The number of nitrogens with zero attached hydrogens (tertiary/aromatic N) is 1. The molecule has 0 spiro atoms. The van der Waals surface area contributed by atoms with E-state index in [1.54, 1.807) is 12.1 Å². The second-order valence-electron chi connectivity index (χ2n) is 5.27. The van der Waals surface area contributed by atoms with E-state index in [1.807, 2.05) is 0 Å². The van der Waals surface area contributed by atoms with Crippen molar-refractivity contribution in [1.82, 2.24) is 9.03 Å². The maximum Gasteiger partial charge on any atom is 0.279 e. The van der Waals surface area contributed by atoms with Crippen LogP contribution in [-0.2, 0) is 16.6 Å². The first kappa shape index (κ1) is 16.4. The molecule has 0 aromatic heterocycles. The molecule has 1 saturated heterocycles. The minimum absolute atomic E-state index is 0.109. The fourth-order valence-corrected chi connectivity index (χ4v) is 4.06. The second kappa shape index (κ2) is 7.31. The summed E-state index contributed by atoms with van der Waals surface area (Å²) in [4.78, 5) is 0. The van der Waals surface area contributed by atoms with E-state index in [9.17, 15) is 12.8 Å². The van der Waals surface area contributed by atoms with Crippen molar-refractivity contribution in [2.24, 2.45) is 5.73 Å². The van der Waals surface area contributed by atoms with E-state index in [0.29, 0.717) is 26.1 Å². The van der Waals surface area contributed by atoms with Gasteiger partial charge in [-0.05, 0) is 37.0 Å². The molecular formula is C14H22FN3O2S. The normalized spacial score (nSPS) is 20.6. The quantitative estimate of drug-likeness (QED) is 0.823. The molecule has 0 amide bonds. The van der Waals surface area contributed by atoms with Gasteiger partial charge in [-0.2, -0.15) is 12.7 Å². The number of benzene rings is 1. The zero-order chi connectivity index (χ0) is 15.3. The van der Waals surface area contributed by atoms with Crippen molar-refractivity contribution in [3.8, 4) is 0 Å². The molecular weight excluding hydrogens is 293 g/mol. The number of hydrogen-bond donors (Lipinski definition) is 2. The minimum Gasteiger partial charge on any atom is -0.329 e. The van der Waals surface area contributed by atoms with Crippen LogP contribution in [0.1, 0.15) is 24.8 Å². The Labute approximate surface area is 125 Å². The minimum atomic E-state index is -3.49. The lowest BCUT2D eigenvalue weighted by atomic mass is 10.1. The highest BCUT2D eigenvalue weighted by molar-refractivity contribution is 7.87. The maximum absolute atomic E-state index is 12.8. The monoisotopic (exact) mass is 315 g/mol. The fraction of sp³-hybridized carbons (Fsp3) is 0.571. The third-order valence-electron chi connectivity index (χ3n) is 3.77. The van der Waals surface area contributed by atoms with E-state index in [1.165, 1.54) is 16.4 Å². The number of piperidine rings is 1. The van der Waals surface area contributed by atoms with Gasteiger partial charge in [0, 0.05) is 25.7 Å². The van der Waals surface area contributed by atoms with Crippen LogP contribution in [0, 0.1) is 5.82 Å². The van der Waals surface area contributed by atoms with Gasteiger partial charge in [-0.25, -0.2) is 9.11 Å². The third-order valence-corrected chi connectivity index (χ3v) is 5.43. The average Bonchev–Trinajstić information content (AvgIpc) is 2.49. The van der Waals surface area contributed by atoms with Gasteiger partial charge in [-0.1, -0.05) is 18.6 Å². The van der Waals surface area contributed by atoms with Crippen molar-refractivity contribution in [1.29, 1.82) is 0 Å². The molecule has 0 aliphatic carbocycles. The first-order chi connectivity index (χ1) is 10.0. The van der Waals surface area contributed by atoms with E-state index in [4.69, 9.17) is 5.73 Å². The van der Waals surface area contributed by atoms with Crippen LogP contribution in [0.4, 0.5) is 4.39 Å². The van der Waals surface area contributed by atoms with Gasteiger partial charge in [0.2, 0.25) is 0 Å². The molecule has 1 aliphatic rings. The van der Waals surface area contributed by atoms with Crippen molar-refractivity contribution in [2.75, 3.05) is 19.6 Å². The topological polar surface area (TPSA) is 75.4 Å². The van der Waals surface area contributed by atoms with Gasteiger partial charge in [0.25, 0.3) is 10.2 Å². The summed E-state index contributed by atoms with van der Waals surface area (Å²) < 4.78 is 41.5. The molecule has 1 heterocycles. The van der Waals surface area contributed by atoms with Crippen LogP contribution < -0.4 is 10.5 Å². The molecule has 0 saturated carbocycles. The summed E-state index contributed by atoms with van der Waals surface area (Å²) in [7, 11) is -3.49. The summed E-state index contributed by atoms with van der Waals surface area (Å²) in [5.74, 6) is -0.293. The molecule has 118 valence electrons. The number of nitrogens with two attached hydrogens (primary N) is 1. The summed E-state index contributed by atoms with van der Waals surface area (Å²) in [5, 5.41) is 0. The molecule has 5 nitrogen and oxygen atoms in total. The molecule has 7 heteroatoms. The summed E-state index contributed by atoms with van der Waals surface area (Å²) in [5.41, 5.74) is 6.55. The van der Waals surface area contributed by atoms with E-state index < -0.39 is 10.2 Å². The zero-order valence-corrected chi connectivity index (χ0v) is 12.8. The lowest BCUT2D eigenvalue weighted by Crippen LogP contribution is -2.51. The van der Waals surface area contributed by atoms with Gasteiger partial charge in [0.15, 0.2) is 0 Å². The van der Waals surface area contributed by atoms with E-state index in [2.05, 4.69) is 4.72 Å². The van der Waals surface area contributed by atoms with Crippen LogP contribution >= 0.6 is 0 Å². The lowest BCUT2D eigenvalue weighted by molar-refractivity contribution is 0.254. The number of nitrogens with one attached hydrogen (secondary N) is 1. The fourth-order valence-electron chi connectivity index (χ4n) is 2.58. The molecule has 0 bridgehead atoms. The molecule has 3 N–H and O–H groups in total. The summed E-state index contributed by atoms with van der Waals surface area (Å²) >= 11 is 0. The van der Waals surface area contributed by atoms with Gasteiger partial charge in [-0.15, -0.1) is 0 Å². The SMILES string of the molecule is NCC1CCCCN1S(=O)(=O)NCCc1ccc(F)cc1. The van der Waals surface area contributed by atoms with Crippen LogP contribution in [0.5, 0.6) is 0 Å². The van der Waals surface area contributed by atoms with Gasteiger partial charge >= 0.3 is 0 Å². The van der Waals surface area contributed by atoms with Crippen LogP contribution in [0.2, 0.25) is 0 Å². The van der Waals surface area contributed by atoms with Crippen molar-refractivity contribution in [2.45, 2.75) is 31.7 Å². The molecule has 1 atom stereocenters. The number of rotatable bonds is 6.